The highest BCUT2D eigenvalue weighted by molar-refractivity contribution is 4.93. The quantitative estimate of drug-likeness (QED) is 0.841. The minimum absolute atomic E-state index is 0.700. The molecule has 2 aliphatic rings. The van der Waals surface area contributed by atoms with E-state index < -0.39 is 0 Å². The molecule has 0 bridgehead atoms. The van der Waals surface area contributed by atoms with Crippen molar-refractivity contribution in [3.63, 3.8) is 0 Å². The third kappa shape index (κ3) is 3.33. The van der Waals surface area contributed by atoms with Crippen molar-refractivity contribution in [1.29, 1.82) is 0 Å². The van der Waals surface area contributed by atoms with Crippen LogP contribution in [0.2, 0.25) is 0 Å². The zero-order valence-electron chi connectivity index (χ0n) is 13.7. The molecule has 0 aromatic rings. The van der Waals surface area contributed by atoms with Gasteiger partial charge in [-0.15, -0.1) is 0 Å². The average molecular weight is 266 g/mol. The van der Waals surface area contributed by atoms with Crippen LogP contribution in [0.5, 0.6) is 0 Å². The van der Waals surface area contributed by atoms with Gasteiger partial charge in [-0.25, -0.2) is 0 Å². The molecule has 1 saturated carbocycles. The third-order valence-corrected chi connectivity index (χ3v) is 6.07. The van der Waals surface area contributed by atoms with E-state index in [2.05, 4.69) is 44.8 Å². The van der Waals surface area contributed by atoms with Crippen molar-refractivity contribution in [2.45, 2.75) is 78.4 Å². The molecule has 0 amide bonds. The van der Waals surface area contributed by atoms with E-state index in [1.807, 2.05) is 0 Å². The standard InChI is InChI=1S/C17H34N2/c1-6-12(2)16-11-19(14(4)10-18-16)17-9-7-8-13(3)15(17)5/h12-18H,6-11H2,1-5H3. The molecule has 1 N–H and O–H groups in total. The summed E-state index contributed by atoms with van der Waals surface area (Å²) in [6.45, 7) is 14.5. The Hall–Kier alpha value is -0.0800. The summed E-state index contributed by atoms with van der Waals surface area (Å²) in [7, 11) is 0. The molecule has 1 aliphatic heterocycles. The van der Waals surface area contributed by atoms with Gasteiger partial charge in [0.2, 0.25) is 0 Å². The predicted molar refractivity (Wildman–Crippen MR) is 83.4 cm³/mol. The maximum atomic E-state index is 3.77. The molecule has 0 aromatic heterocycles. The Morgan fingerprint density at radius 3 is 2.63 bits per heavy atom. The highest BCUT2D eigenvalue weighted by atomic mass is 15.3. The van der Waals surface area contributed by atoms with Gasteiger partial charge >= 0.3 is 0 Å². The lowest BCUT2D eigenvalue weighted by Crippen LogP contribution is -2.62. The molecule has 1 aliphatic carbocycles. The molecule has 0 aromatic carbocycles. The Balaban J connectivity index is 2.03. The van der Waals surface area contributed by atoms with Gasteiger partial charge in [0.1, 0.15) is 0 Å². The Morgan fingerprint density at radius 1 is 1.21 bits per heavy atom. The lowest BCUT2D eigenvalue weighted by Gasteiger charge is -2.49. The second-order valence-electron chi connectivity index (χ2n) is 7.28. The largest absolute Gasteiger partial charge is 0.311 e. The van der Waals surface area contributed by atoms with Crippen LogP contribution in [0.15, 0.2) is 0 Å². The zero-order chi connectivity index (χ0) is 14.0. The van der Waals surface area contributed by atoms with Crippen LogP contribution in [0, 0.1) is 17.8 Å². The minimum atomic E-state index is 0.700. The van der Waals surface area contributed by atoms with Gasteiger partial charge in [-0.1, -0.05) is 47.0 Å². The fourth-order valence-electron chi connectivity index (χ4n) is 4.06. The second kappa shape index (κ2) is 6.58. The van der Waals surface area contributed by atoms with Gasteiger partial charge in [0.25, 0.3) is 0 Å². The van der Waals surface area contributed by atoms with Crippen LogP contribution in [0.3, 0.4) is 0 Å². The number of rotatable bonds is 3. The Morgan fingerprint density at radius 2 is 1.95 bits per heavy atom. The number of nitrogens with one attached hydrogen (secondary N) is 1. The van der Waals surface area contributed by atoms with E-state index in [1.165, 1.54) is 38.8 Å². The van der Waals surface area contributed by atoms with Crippen LogP contribution in [-0.2, 0) is 0 Å². The predicted octanol–water partition coefficient (Wildman–Crippen LogP) is 3.52. The van der Waals surface area contributed by atoms with Crippen molar-refractivity contribution in [3.8, 4) is 0 Å². The number of hydrogen-bond donors (Lipinski definition) is 1. The molecule has 6 unspecified atom stereocenters. The molecular formula is C17H34N2. The molecule has 0 radical (unpaired) electrons. The van der Waals surface area contributed by atoms with Crippen molar-refractivity contribution in [2.24, 2.45) is 17.8 Å². The maximum absolute atomic E-state index is 3.77. The van der Waals surface area contributed by atoms with E-state index in [0.29, 0.717) is 12.1 Å². The number of nitrogens with zero attached hydrogens (tertiary/aromatic N) is 1. The van der Waals surface area contributed by atoms with E-state index in [9.17, 15) is 0 Å². The maximum Gasteiger partial charge on any atom is 0.0221 e. The highest BCUT2D eigenvalue weighted by Gasteiger charge is 2.37. The molecule has 2 rings (SSSR count). The lowest BCUT2D eigenvalue weighted by molar-refractivity contribution is 0.0163. The van der Waals surface area contributed by atoms with Crippen molar-refractivity contribution in [3.05, 3.63) is 0 Å². The van der Waals surface area contributed by atoms with Gasteiger partial charge in [0.05, 0.1) is 0 Å². The molecule has 112 valence electrons. The Kier molecular flexibility index (Phi) is 5.30. The summed E-state index contributed by atoms with van der Waals surface area (Å²) in [6.07, 6.45) is 5.58. The molecule has 2 fully saturated rings. The average Bonchev–Trinajstić information content (AvgIpc) is 2.42. The summed E-state index contributed by atoms with van der Waals surface area (Å²) in [6, 6.07) is 2.23. The van der Waals surface area contributed by atoms with E-state index in [-0.39, 0.29) is 0 Å². The van der Waals surface area contributed by atoms with E-state index in [0.717, 1.165) is 23.8 Å². The molecule has 2 heteroatoms. The Bertz CT molecular complexity index is 278. The van der Waals surface area contributed by atoms with Gasteiger partial charge in [-0.3, -0.25) is 4.90 Å². The van der Waals surface area contributed by atoms with Crippen LogP contribution in [-0.4, -0.2) is 36.1 Å². The fourth-order valence-corrected chi connectivity index (χ4v) is 4.06. The first kappa shape index (κ1) is 15.3. The third-order valence-electron chi connectivity index (χ3n) is 6.07. The molecule has 0 spiro atoms. The van der Waals surface area contributed by atoms with E-state index in [1.54, 1.807) is 0 Å². The normalized spacial score (nSPS) is 43.1. The molecule has 6 atom stereocenters. The molecular weight excluding hydrogens is 232 g/mol. The summed E-state index contributed by atoms with van der Waals surface area (Å²) in [5.41, 5.74) is 0. The molecule has 2 nitrogen and oxygen atoms in total. The van der Waals surface area contributed by atoms with E-state index >= 15 is 0 Å². The Labute approximate surface area is 120 Å². The van der Waals surface area contributed by atoms with Gasteiger partial charge in [-0.05, 0) is 31.1 Å². The summed E-state index contributed by atoms with van der Waals surface area (Å²) in [5, 5.41) is 3.77. The summed E-state index contributed by atoms with van der Waals surface area (Å²) >= 11 is 0. The lowest BCUT2D eigenvalue weighted by atomic mass is 9.76. The van der Waals surface area contributed by atoms with Gasteiger partial charge in [-0.2, -0.15) is 0 Å². The minimum Gasteiger partial charge on any atom is -0.311 e. The second-order valence-corrected chi connectivity index (χ2v) is 7.28. The molecule has 1 saturated heterocycles. The van der Waals surface area contributed by atoms with Crippen LogP contribution < -0.4 is 5.32 Å². The SMILES string of the molecule is CCC(C)C1CN(C2CCCC(C)C2C)C(C)CN1. The highest BCUT2D eigenvalue weighted by Crippen LogP contribution is 2.34. The smallest absolute Gasteiger partial charge is 0.0221 e. The topological polar surface area (TPSA) is 15.3 Å². The first-order valence-electron chi connectivity index (χ1n) is 8.53. The summed E-state index contributed by atoms with van der Waals surface area (Å²) in [4.78, 5) is 2.84. The van der Waals surface area contributed by atoms with Gasteiger partial charge in [0.15, 0.2) is 0 Å². The summed E-state index contributed by atoms with van der Waals surface area (Å²) in [5.74, 6) is 2.57. The van der Waals surface area contributed by atoms with Gasteiger partial charge in [0, 0.05) is 31.2 Å². The van der Waals surface area contributed by atoms with Crippen molar-refractivity contribution in [1.82, 2.24) is 10.2 Å². The van der Waals surface area contributed by atoms with Crippen LogP contribution in [0.1, 0.15) is 60.3 Å². The number of piperazine rings is 1. The monoisotopic (exact) mass is 266 g/mol. The molecule has 19 heavy (non-hydrogen) atoms. The van der Waals surface area contributed by atoms with Crippen LogP contribution in [0.4, 0.5) is 0 Å². The van der Waals surface area contributed by atoms with Crippen molar-refractivity contribution < 1.29 is 0 Å². The molecule has 1 heterocycles. The number of hydrogen-bond acceptors (Lipinski definition) is 2. The van der Waals surface area contributed by atoms with Crippen LogP contribution >= 0.6 is 0 Å². The van der Waals surface area contributed by atoms with Gasteiger partial charge < -0.3 is 5.32 Å². The summed E-state index contributed by atoms with van der Waals surface area (Å²) < 4.78 is 0. The van der Waals surface area contributed by atoms with E-state index in [4.69, 9.17) is 0 Å². The van der Waals surface area contributed by atoms with Crippen molar-refractivity contribution in [2.75, 3.05) is 13.1 Å². The first-order valence-corrected chi connectivity index (χ1v) is 8.53. The zero-order valence-corrected chi connectivity index (χ0v) is 13.7. The van der Waals surface area contributed by atoms with Crippen LogP contribution in [0.25, 0.3) is 0 Å². The first-order chi connectivity index (χ1) is 9.04. The fraction of sp³-hybridized carbons (Fsp3) is 1.00. The van der Waals surface area contributed by atoms with Crippen molar-refractivity contribution >= 4 is 0 Å².